The number of anilines is 1. The molecule has 0 aliphatic carbocycles. The Bertz CT molecular complexity index is 901. The molecule has 8 heteroatoms. The number of oxazole rings is 1. The number of hydrogen-bond donors (Lipinski definition) is 3. The third-order valence-corrected chi connectivity index (χ3v) is 2.95. The van der Waals surface area contributed by atoms with Crippen molar-refractivity contribution in [3.63, 3.8) is 0 Å². The topological polar surface area (TPSA) is 137 Å². The third kappa shape index (κ3) is 2.98. The summed E-state index contributed by atoms with van der Waals surface area (Å²) >= 11 is 0. The molecule has 2 aromatic heterocycles. The van der Waals surface area contributed by atoms with Crippen molar-refractivity contribution in [2.75, 3.05) is 5.43 Å². The minimum absolute atomic E-state index is 0.181. The fraction of sp³-hybridized carbons (Fsp3) is 0. The summed E-state index contributed by atoms with van der Waals surface area (Å²) < 4.78 is 5.63. The van der Waals surface area contributed by atoms with Crippen LogP contribution in [0.2, 0.25) is 0 Å². The number of nitriles is 1. The number of hydrazone groups is 1. The lowest BCUT2D eigenvalue weighted by Gasteiger charge is -2.02. The van der Waals surface area contributed by atoms with Crippen LogP contribution in [0.1, 0.15) is 0 Å². The van der Waals surface area contributed by atoms with E-state index in [-0.39, 0.29) is 5.71 Å². The smallest absolute Gasteiger partial charge is 0.228 e. The molecule has 0 aliphatic rings. The molecule has 1 aromatic carbocycles. The van der Waals surface area contributed by atoms with Crippen LogP contribution in [0.15, 0.2) is 52.1 Å². The van der Waals surface area contributed by atoms with Crippen molar-refractivity contribution in [2.45, 2.75) is 0 Å². The van der Waals surface area contributed by atoms with Crippen molar-refractivity contribution < 1.29 is 4.42 Å². The molecule has 0 amide bonds. The standard InChI is InChI=1S/C15H11N7O/c16-8-11(13(17)18)22-21-10-5-3-9(4-6-10)15-20-14-12(23-15)2-1-7-19-14/h1-7,21H,(H3,17,18)/b22-11+. The molecule has 112 valence electrons. The van der Waals surface area contributed by atoms with Crippen LogP contribution in [0.25, 0.3) is 22.7 Å². The highest BCUT2D eigenvalue weighted by atomic mass is 16.3. The maximum Gasteiger partial charge on any atom is 0.228 e. The zero-order valence-electron chi connectivity index (χ0n) is 11.8. The Labute approximate surface area is 130 Å². The van der Waals surface area contributed by atoms with Gasteiger partial charge in [-0.2, -0.15) is 15.3 Å². The number of hydrogen-bond acceptors (Lipinski definition) is 7. The SMILES string of the molecule is N#C/C(=N\Nc1ccc(-c2nc3ncccc3o2)cc1)C(=N)N. The molecule has 3 aromatic rings. The molecule has 0 atom stereocenters. The molecule has 2 heterocycles. The van der Waals surface area contributed by atoms with E-state index in [2.05, 4.69) is 20.5 Å². The molecule has 4 N–H and O–H groups in total. The fourth-order valence-electron chi connectivity index (χ4n) is 1.85. The van der Waals surface area contributed by atoms with E-state index in [0.29, 0.717) is 22.8 Å². The highest BCUT2D eigenvalue weighted by molar-refractivity contribution is 6.45. The molecule has 0 bridgehead atoms. The number of nitrogens with zero attached hydrogens (tertiary/aromatic N) is 4. The molecular weight excluding hydrogens is 294 g/mol. The second-order valence-corrected chi connectivity index (χ2v) is 4.52. The van der Waals surface area contributed by atoms with Gasteiger partial charge in [0.2, 0.25) is 11.6 Å². The van der Waals surface area contributed by atoms with Crippen molar-refractivity contribution in [1.82, 2.24) is 9.97 Å². The number of aromatic nitrogens is 2. The highest BCUT2D eigenvalue weighted by Gasteiger charge is 2.08. The number of nitrogens with two attached hydrogens (primary N) is 1. The van der Waals surface area contributed by atoms with Crippen LogP contribution >= 0.6 is 0 Å². The van der Waals surface area contributed by atoms with Gasteiger partial charge in [0.25, 0.3) is 0 Å². The van der Waals surface area contributed by atoms with E-state index < -0.39 is 5.84 Å². The lowest BCUT2D eigenvalue weighted by Crippen LogP contribution is -2.21. The van der Waals surface area contributed by atoms with Gasteiger partial charge in [-0.3, -0.25) is 10.8 Å². The van der Waals surface area contributed by atoms with Crippen LogP contribution in [0.3, 0.4) is 0 Å². The van der Waals surface area contributed by atoms with Crippen LogP contribution in [0, 0.1) is 16.7 Å². The van der Waals surface area contributed by atoms with Crippen LogP contribution in [-0.4, -0.2) is 21.5 Å². The van der Waals surface area contributed by atoms with Gasteiger partial charge in [-0.05, 0) is 36.4 Å². The van der Waals surface area contributed by atoms with Crippen LogP contribution < -0.4 is 11.2 Å². The lowest BCUT2D eigenvalue weighted by molar-refractivity contribution is 0.619. The zero-order valence-corrected chi connectivity index (χ0v) is 11.8. The summed E-state index contributed by atoms with van der Waals surface area (Å²) in [5, 5.41) is 19.7. The predicted octanol–water partition coefficient (Wildman–Crippen LogP) is 2.12. The molecule has 23 heavy (non-hydrogen) atoms. The quantitative estimate of drug-likeness (QED) is 0.383. The van der Waals surface area contributed by atoms with E-state index in [4.69, 9.17) is 20.8 Å². The first-order valence-electron chi connectivity index (χ1n) is 6.57. The number of rotatable bonds is 4. The fourth-order valence-corrected chi connectivity index (χ4v) is 1.85. The maximum atomic E-state index is 8.77. The summed E-state index contributed by atoms with van der Waals surface area (Å²) in [6.45, 7) is 0. The Morgan fingerprint density at radius 3 is 2.74 bits per heavy atom. The Morgan fingerprint density at radius 1 is 1.30 bits per heavy atom. The molecule has 0 spiro atoms. The number of amidine groups is 1. The first kappa shape index (κ1) is 14.2. The summed E-state index contributed by atoms with van der Waals surface area (Å²) in [7, 11) is 0. The van der Waals surface area contributed by atoms with E-state index in [9.17, 15) is 0 Å². The average Bonchev–Trinajstić information content (AvgIpc) is 2.99. The van der Waals surface area contributed by atoms with E-state index in [1.807, 2.05) is 0 Å². The average molecular weight is 305 g/mol. The Hall–Kier alpha value is -3.73. The van der Waals surface area contributed by atoms with Crippen molar-refractivity contribution in [2.24, 2.45) is 10.8 Å². The highest BCUT2D eigenvalue weighted by Crippen LogP contribution is 2.24. The molecule has 3 rings (SSSR count). The zero-order chi connectivity index (χ0) is 16.2. The summed E-state index contributed by atoms with van der Waals surface area (Å²) in [5.41, 5.74) is 10.3. The summed E-state index contributed by atoms with van der Waals surface area (Å²) in [4.78, 5) is 8.43. The molecular formula is C15H11N7O. The van der Waals surface area contributed by atoms with Crippen LogP contribution in [0.4, 0.5) is 5.69 Å². The number of fused-ring (bicyclic) bond motifs is 1. The Balaban J connectivity index is 1.82. The number of benzene rings is 1. The molecule has 0 saturated heterocycles. The van der Waals surface area contributed by atoms with E-state index in [1.165, 1.54) is 0 Å². The first-order chi connectivity index (χ1) is 11.2. The number of pyridine rings is 1. The van der Waals surface area contributed by atoms with Gasteiger partial charge in [0, 0.05) is 11.8 Å². The van der Waals surface area contributed by atoms with Gasteiger partial charge in [-0.25, -0.2) is 4.98 Å². The molecule has 0 radical (unpaired) electrons. The van der Waals surface area contributed by atoms with Crippen molar-refractivity contribution in [1.29, 1.82) is 10.7 Å². The third-order valence-electron chi connectivity index (χ3n) is 2.95. The molecule has 0 aliphatic heterocycles. The number of nitrogens with one attached hydrogen (secondary N) is 2. The van der Waals surface area contributed by atoms with E-state index in [0.717, 1.165) is 5.56 Å². The van der Waals surface area contributed by atoms with Crippen molar-refractivity contribution >= 4 is 28.5 Å². The van der Waals surface area contributed by atoms with Crippen LogP contribution in [-0.2, 0) is 0 Å². The lowest BCUT2D eigenvalue weighted by atomic mass is 10.2. The summed E-state index contributed by atoms with van der Waals surface area (Å²) in [5.74, 6) is 0.0748. The maximum absolute atomic E-state index is 8.77. The van der Waals surface area contributed by atoms with E-state index in [1.54, 1.807) is 48.7 Å². The Morgan fingerprint density at radius 2 is 2.09 bits per heavy atom. The molecule has 8 nitrogen and oxygen atoms in total. The molecule has 0 fully saturated rings. The van der Waals surface area contributed by atoms with Crippen molar-refractivity contribution in [3.8, 4) is 17.5 Å². The molecule has 0 saturated carbocycles. The van der Waals surface area contributed by atoms with Gasteiger partial charge in [0.1, 0.15) is 6.07 Å². The Kier molecular flexibility index (Phi) is 3.68. The normalized spacial score (nSPS) is 11.2. The predicted molar refractivity (Wildman–Crippen MR) is 85.8 cm³/mol. The second kappa shape index (κ2) is 5.95. The largest absolute Gasteiger partial charge is 0.434 e. The molecule has 0 unspecified atom stereocenters. The van der Waals surface area contributed by atoms with Crippen molar-refractivity contribution in [3.05, 3.63) is 42.6 Å². The first-order valence-corrected chi connectivity index (χ1v) is 6.57. The summed E-state index contributed by atoms with van der Waals surface area (Å²) in [6, 6.07) is 12.4. The minimum Gasteiger partial charge on any atom is -0.434 e. The summed E-state index contributed by atoms with van der Waals surface area (Å²) in [6.07, 6.45) is 1.65. The van der Waals surface area contributed by atoms with Gasteiger partial charge >= 0.3 is 0 Å². The minimum atomic E-state index is -0.393. The van der Waals surface area contributed by atoms with Gasteiger partial charge in [-0.1, -0.05) is 0 Å². The van der Waals surface area contributed by atoms with Gasteiger partial charge in [-0.15, -0.1) is 0 Å². The monoisotopic (exact) mass is 305 g/mol. The van der Waals surface area contributed by atoms with Gasteiger partial charge in [0.15, 0.2) is 17.1 Å². The van der Waals surface area contributed by atoms with Gasteiger partial charge in [0.05, 0.1) is 5.69 Å². The van der Waals surface area contributed by atoms with Crippen LogP contribution in [0.5, 0.6) is 0 Å². The second-order valence-electron chi connectivity index (χ2n) is 4.52. The van der Waals surface area contributed by atoms with Gasteiger partial charge < -0.3 is 10.2 Å². The van der Waals surface area contributed by atoms with E-state index >= 15 is 0 Å².